The zero-order valence-electron chi connectivity index (χ0n) is 15.4. The number of nitrogens with zero attached hydrogens (tertiary/aromatic N) is 2. The van der Waals surface area contributed by atoms with Crippen LogP contribution in [0.4, 0.5) is 17.3 Å². The van der Waals surface area contributed by atoms with E-state index in [1.165, 1.54) is 18.2 Å². The lowest BCUT2D eigenvalue weighted by atomic mass is 10.1. The third kappa shape index (κ3) is 5.03. The molecule has 1 aromatic heterocycles. The van der Waals surface area contributed by atoms with E-state index in [0.717, 1.165) is 24.3 Å². The number of nitrogens with one attached hydrogen (secondary N) is 1. The summed E-state index contributed by atoms with van der Waals surface area (Å²) in [4.78, 5) is 45.3. The van der Waals surface area contributed by atoms with Crippen LogP contribution in [-0.4, -0.2) is 21.7 Å². The SMILES string of the molecule is O=C(OC(C(=O)Nc1ccc([N+](=O)[O-])cc1Cl)c1ccccc1)c1ccc([N+](=O)[O-])o1. The van der Waals surface area contributed by atoms with Gasteiger partial charge in [0.1, 0.15) is 4.92 Å². The molecule has 158 valence electrons. The summed E-state index contributed by atoms with van der Waals surface area (Å²) in [6.07, 6.45) is -1.47. The van der Waals surface area contributed by atoms with Gasteiger partial charge in [-0.15, -0.1) is 0 Å². The molecule has 0 fully saturated rings. The summed E-state index contributed by atoms with van der Waals surface area (Å²) in [6.45, 7) is 0. The molecule has 1 unspecified atom stereocenters. The number of ether oxygens (including phenoxy) is 1. The van der Waals surface area contributed by atoms with Crippen molar-refractivity contribution in [1.82, 2.24) is 0 Å². The van der Waals surface area contributed by atoms with Crippen LogP contribution < -0.4 is 5.32 Å². The molecule has 0 bridgehead atoms. The average Bonchev–Trinajstić information content (AvgIpc) is 3.24. The maximum absolute atomic E-state index is 12.8. The first-order chi connectivity index (χ1) is 14.8. The molecule has 3 aromatic rings. The number of esters is 1. The largest absolute Gasteiger partial charge is 0.441 e. The Morgan fingerprint density at radius 3 is 2.29 bits per heavy atom. The molecule has 0 aliphatic heterocycles. The lowest BCUT2D eigenvalue weighted by Gasteiger charge is -2.18. The molecule has 1 atom stereocenters. The fourth-order valence-corrected chi connectivity index (χ4v) is 2.74. The smallest absolute Gasteiger partial charge is 0.433 e. The number of furan rings is 1. The summed E-state index contributed by atoms with van der Waals surface area (Å²) in [6, 6.07) is 13.4. The number of nitro benzene ring substituents is 1. The number of non-ortho nitro benzene ring substituents is 1. The minimum atomic E-state index is -1.47. The van der Waals surface area contributed by atoms with Gasteiger partial charge in [0.25, 0.3) is 11.6 Å². The minimum absolute atomic E-state index is 0.0582. The molecule has 31 heavy (non-hydrogen) atoms. The van der Waals surface area contributed by atoms with Gasteiger partial charge in [0.15, 0.2) is 0 Å². The van der Waals surface area contributed by atoms with Crippen LogP contribution in [0.2, 0.25) is 5.02 Å². The van der Waals surface area contributed by atoms with E-state index < -0.39 is 39.5 Å². The van der Waals surface area contributed by atoms with Crippen LogP contribution in [-0.2, 0) is 9.53 Å². The second-order valence-corrected chi connectivity index (χ2v) is 6.41. The van der Waals surface area contributed by atoms with Gasteiger partial charge in [0, 0.05) is 17.7 Å². The number of hydrogen-bond acceptors (Lipinski definition) is 8. The highest BCUT2D eigenvalue weighted by atomic mass is 35.5. The normalized spacial score (nSPS) is 11.4. The van der Waals surface area contributed by atoms with Crippen LogP contribution in [0.15, 0.2) is 65.1 Å². The summed E-state index contributed by atoms with van der Waals surface area (Å²) < 4.78 is 10.0. The number of amides is 1. The van der Waals surface area contributed by atoms with E-state index >= 15 is 0 Å². The van der Waals surface area contributed by atoms with Gasteiger partial charge in [0.05, 0.1) is 21.7 Å². The number of halogens is 1. The second-order valence-electron chi connectivity index (χ2n) is 6.00. The average molecular weight is 446 g/mol. The Hall–Kier alpha value is -4.25. The van der Waals surface area contributed by atoms with Crippen molar-refractivity contribution in [3.05, 3.63) is 97.2 Å². The Labute approximate surface area is 178 Å². The number of rotatable bonds is 7. The van der Waals surface area contributed by atoms with Gasteiger partial charge >= 0.3 is 11.9 Å². The fourth-order valence-electron chi connectivity index (χ4n) is 2.52. The summed E-state index contributed by atoms with van der Waals surface area (Å²) in [5, 5.41) is 23.9. The maximum atomic E-state index is 12.8. The molecule has 11 nitrogen and oxygen atoms in total. The van der Waals surface area contributed by atoms with Crippen LogP contribution >= 0.6 is 11.6 Å². The van der Waals surface area contributed by atoms with E-state index in [4.69, 9.17) is 20.8 Å². The summed E-state index contributed by atoms with van der Waals surface area (Å²) in [7, 11) is 0. The van der Waals surface area contributed by atoms with E-state index in [2.05, 4.69) is 5.32 Å². The van der Waals surface area contributed by atoms with Crippen molar-refractivity contribution >= 4 is 40.7 Å². The van der Waals surface area contributed by atoms with Crippen LogP contribution in [0.25, 0.3) is 0 Å². The highest BCUT2D eigenvalue weighted by Crippen LogP contribution is 2.29. The number of carbonyl (C=O) groups is 2. The van der Waals surface area contributed by atoms with Crippen LogP contribution in [0.5, 0.6) is 0 Å². The van der Waals surface area contributed by atoms with Crippen molar-refractivity contribution in [2.24, 2.45) is 0 Å². The summed E-state index contributed by atoms with van der Waals surface area (Å²) in [5.41, 5.74) is 0.0868. The molecule has 1 amide bonds. The van der Waals surface area contributed by atoms with Gasteiger partial charge in [-0.2, -0.15) is 0 Å². The van der Waals surface area contributed by atoms with Gasteiger partial charge < -0.3 is 14.5 Å². The molecule has 3 rings (SSSR count). The van der Waals surface area contributed by atoms with Crippen molar-refractivity contribution < 1.29 is 28.6 Å². The Morgan fingerprint density at radius 1 is 1.00 bits per heavy atom. The van der Waals surface area contributed by atoms with Crippen molar-refractivity contribution in [3.8, 4) is 0 Å². The summed E-state index contributed by atoms with van der Waals surface area (Å²) in [5.74, 6) is -3.04. The van der Waals surface area contributed by atoms with Gasteiger partial charge in [-0.3, -0.25) is 25.0 Å². The molecule has 0 saturated heterocycles. The van der Waals surface area contributed by atoms with Crippen LogP contribution in [0, 0.1) is 20.2 Å². The predicted octanol–water partition coefficient (Wildman–Crippen LogP) is 4.29. The third-order valence-electron chi connectivity index (χ3n) is 3.96. The molecule has 0 radical (unpaired) electrons. The standard InChI is InChI=1S/C19H12ClN3O8/c20-13-10-12(22(26)27)6-7-14(13)21-18(24)17(11-4-2-1-3-5-11)31-19(25)15-8-9-16(30-15)23(28)29/h1-10,17H,(H,21,24). The van der Waals surface area contributed by atoms with Crippen LogP contribution in [0.3, 0.4) is 0 Å². The molecule has 0 aliphatic carbocycles. The fraction of sp³-hybridized carbons (Fsp3) is 0.0526. The number of benzene rings is 2. The number of hydrogen-bond donors (Lipinski definition) is 1. The topological polar surface area (TPSA) is 155 Å². The van der Waals surface area contributed by atoms with E-state index in [1.54, 1.807) is 18.2 Å². The van der Waals surface area contributed by atoms with Gasteiger partial charge in [0.2, 0.25) is 11.9 Å². The number of carbonyl (C=O) groups excluding carboxylic acids is 2. The molecule has 0 saturated carbocycles. The van der Waals surface area contributed by atoms with E-state index in [1.807, 2.05) is 0 Å². The van der Waals surface area contributed by atoms with E-state index in [0.29, 0.717) is 5.56 Å². The molecule has 12 heteroatoms. The summed E-state index contributed by atoms with van der Waals surface area (Å²) >= 11 is 6.00. The number of nitro groups is 2. The van der Waals surface area contributed by atoms with Gasteiger partial charge in [-0.25, -0.2) is 4.79 Å². The Balaban J connectivity index is 1.85. The van der Waals surface area contributed by atoms with Crippen molar-refractivity contribution in [1.29, 1.82) is 0 Å². The van der Waals surface area contributed by atoms with Crippen molar-refractivity contribution in [2.75, 3.05) is 5.32 Å². The first-order valence-corrected chi connectivity index (χ1v) is 8.89. The second kappa shape index (κ2) is 9.05. The van der Waals surface area contributed by atoms with Crippen LogP contribution in [0.1, 0.15) is 22.2 Å². The first-order valence-electron chi connectivity index (χ1n) is 8.51. The zero-order chi connectivity index (χ0) is 22.5. The molecule has 0 spiro atoms. The van der Waals surface area contributed by atoms with Crippen molar-refractivity contribution in [2.45, 2.75) is 6.10 Å². The van der Waals surface area contributed by atoms with Gasteiger partial charge in [-0.1, -0.05) is 41.9 Å². The van der Waals surface area contributed by atoms with E-state index in [9.17, 15) is 29.8 Å². The highest BCUT2D eigenvalue weighted by molar-refractivity contribution is 6.34. The monoisotopic (exact) mass is 445 g/mol. The highest BCUT2D eigenvalue weighted by Gasteiger charge is 2.28. The lowest BCUT2D eigenvalue weighted by molar-refractivity contribution is -0.402. The molecular weight excluding hydrogens is 434 g/mol. The zero-order valence-corrected chi connectivity index (χ0v) is 16.1. The quantitative estimate of drug-likeness (QED) is 0.321. The maximum Gasteiger partial charge on any atom is 0.433 e. The Bertz CT molecular complexity index is 1160. The predicted molar refractivity (Wildman–Crippen MR) is 107 cm³/mol. The molecule has 1 N–H and O–H groups in total. The van der Waals surface area contributed by atoms with Crippen molar-refractivity contribution in [3.63, 3.8) is 0 Å². The van der Waals surface area contributed by atoms with Gasteiger partial charge in [-0.05, 0) is 12.1 Å². The molecule has 1 heterocycles. The Morgan fingerprint density at radius 2 is 1.71 bits per heavy atom. The molecule has 2 aromatic carbocycles. The lowest BCUT2D eigenvalue weighted by Crippen LogP contribution is -2.26. The molecule has 0 aliphatic rings. The third-order valence-corrected chi connectivity index (χ3v) is 4.27. The Kier molecular flexibility index (Phi) is 6.26. The first kappa shape index (κ1) is 21.5. The molecular formula is C19H12ClN3O8. The van der Waals surface area contributed by atoms with E-state index in [-0.39, 0.29) is 16.4 Å². The minimum Gasteiger partial charge on any atom is -0.441 e. The number of anilines is 1.